The molecule has 0 unspecified atom stereocenters. The lowest BCUT2D eigenvalue weighted by molar-refractivity contribution is -0.140. The van der Waals surface area contributed by atoms with Gasteiger partial charge in [-0.2, -0.15) is 0 Å². The number of para-hydroxylation sites is 1. The Labute approximate surface area is 226 Å². The van der Waals surface area contributed by atoms with Crippen molar-refractivity contribution in [2.75, 3.05) is 10.8 Å². The molecular formula is C30H37N3O4S. The molecule has 0 saturated heterocycles. The summed E-state index contributed by atoms with van der Waals surface area (Å²) in [5.74, 6) is -0.794. The molecular weight excluding hydrogens is 498 g/mol. The minimum Gasteiger partial charge on any atom is -0.350 e. The Morgan fingerprint density at radius 3 is 2.13 bits per heavy atom. The minimum absolute atomic E-state index is 0.0832. The van der Waals surface area contributed by atoms with Gasteiger partial charge in [-0.1, -0.05) is 66.2 Å². The van der Waals surface area contributed by atoms with Crippen LogP contribution in [0.4, 0.5) is 5.69 Å². The molecule has 2 amide bonds. The fraction of sp³-hybridized carbons (Fsp3) is 0.333. The molecule has 0 bridgehead atoms. The fourth-order valence-corrected chi connectivity index (χ4v) is 5.64. The molecule has 0 fully saturated rings. The molecule has 8 heteroatoms. The van der Waals surface area contributed by atoms with Crippen LogP contribution >= 0.6 is 0 Å². The second-order valence-corrected chi connectivity index (χ2v) is 12.4. The number of benzene rings is 3. The van der Waals surface area contributed by atoms with Crippen molar-refractivity contribution < 1.29 is 18.0 Å². The highest BCUT2D eigenvalue weighted by atomic mass is 32.2. The van der Waals surface area contributed by atoms with Crippen LogP contribution in [0.15, 0.2) is 83.8 Å². The maximum atomic E-state index is 14.0. The van der Waals surface area contributed by atoms with Gasteiger partial charge in [-0.05, 0) is 70.9 Å². The van der Waals surface area contributed by atoms with Crippen molar-refractivity contribution in [3.8, 4) is 0 Å². The van der Waals surface area contributed by atoms with Gasteiger partial charge in [0.05, 0.1) is 10.6 Å². The van der Waals surface area contributed by atoms with Gasteiger partial charge < -0.3 is 10.2 Å². The molecule has 0 radical (unpaired) electrons. The van der Waals surface area contributed by atoms with Crippen LogP contribution in [0.5, 0.6) is 0 Å². The molecule has 0 aliphatic rings. The van der Waals surface area contributed by atoms with Crippen LogP contribution in [0.25, 0.3) is 0 Å². The first-order valence-corrected chi connectivity index (χ1v) is 14.0. The first kappa shape index (κ1) is 28.9. The van der Waals surface area contributed by atoms with Gasteiger partial charge in [0.1, 0.15) is 12.6 Å². The van der Waals surface area contributed by atoms with E-state index >= 15 is 0 Å². The van der Waals surface area contributed by atoms with Gasteiger partial charge in [-0.3, -0.25) is 13.9 Å². The van der Waals surface area contributed by atoms with E-state index in [1.54, 1.807) is 50.2 Å². The maximum Gasteiger partial charge on any atom is 0.264 e. The summed E-state index contributed by atoms with van der Waals surface area (Å²) in [6.45, 7) is 10.7. The standard InChI is InChI=1S/C30H37N3O4S/c1-22-13-12-15-25(19-22)20-32(24(3)29(35)31-30(4,5)6)28(34)21-33(27-18-11-10-14-23(27)2)38(36,37)26-16-8-7-9-17-26/h7-19,24H,20-21H2,1-6H3,(H,31,35)/t24-/m1/s1. The predicted molar refractivity (Wildman–Crippen MR) is 151 cm³/mol. The zero-order valence-electron chi connectivity index (χ0n) is 22.9. The Bertz CT molecular complexity index is 1380. The third-order valence-corrected chi connectivity index (χ3v) is 7.87. The smallest absolute Gasteiger partial charge is 0.264 e. The van der Waals surface area contributed by atoms with E-state index in [9.17, 15) is 18.0 Å². The lowest BCUT2D eigenvalue weighted by Gasteiger charge is -2.34. The first-order valence-electron chi connectivity index (χ1n) is 12.6. The average Bonchev–Trinajstić information content (AvgIpc) is 2.85. The molecule has 0 spiro atoms. The Kier molecular flexibility index (Phi) is 8.99. The highest BCUT2D eigenvalue weighted by Crippen LogP contribution is 2.27. The van der Waals surface area contributed by atoms with E-state index in [0.29, 0.717) is 11.3 Å². The zero-order valence-corrected chi connectivity index (χ0v) is 23.7. The molecule has 3 rings (SSSR count). The maximum absolute atomic E-state index is 14.0. The van der Waals surface area contributed by atoms with Gasteiger partial charge in [-0.15, -0.1) is 0 Å². The van der Waals surface area contributed by atoms with Crippen LogP contribution in [-0.2, 0) is 26.2 Å². The van der Waals surface area contributed by atoms with Crippen LogP contribution < -0.4 is 9.62 Å². The van der Waals surface area contributed by atoms with Gasteiger partial charge in [-0.25, -0.2) is 8.42 Å². The van der Waals surface area contributed by atoms with Crippen molar-refractivity contribution >= 4 is 27.5 Å². The second kappa shape index (κ2) is 11.8. The number of aryl methyl sites for hydroxylation is 2. The Balaban J connectivity index is 2.04. The van der Waals surface area contributed by atoms with Crippen LogP contribution in [0.3, 0.4) is 0 Å². The first-order chi connectivity index (χ1) is 17.8. The van der Waals surface area contributed by atoms with Crippen LogP contribution in [0, 0.1) is 13.8 Å². The molecule has 3 aromatic carbocycles. The normalized spacial score (nSPS) is 12.5. The average molecular weight is 536 g/mol. The van der Waals surface area contributed by atoms with E-state index in [0.717, 1.165) is 15.4 Å². The molecule has 0 heterocycles. The number of amides is 2. The number of carbonyl (C=O) groups is 2. The predicted octanol–water partition coefficient (Wildman–Crippen LogP) is 4.83. The molecule has 7 nitrogen and oxygen atoms in total. The summed E-state index contributed by atoms with van der Waals surface area (Å²) in [6.07, 6.45) is 0. The number of nitrogens with one attached hydrogen (secondary N) is 1. The molecule has 1 N–H and O–H groups in total. The molecule has 3 aromatic rings. The summed E-state index contributed by atoms with van der Waals surface area (Å²) in [5.41, 5.74) is 2.50. The van der Waals surface area contributed by atoms with Crippen LogP contribution in [0.2, 0.25) is 0 Å². The summed E-state index contributed by atoms with van der Waals surface area (Å²) in [6, 6.07) is 22.0. The second-order valence-electron chi connectivity index (χ2n) is 10.5. The van der Waals surface area contributed by atoms with Crippen molar-refractivity contribution in [3.63, 3.8) is 0 Å². The fourth-order valence-electron chi connectivity index (χ4n) is 4.14. The molecule has 202 valence electrons. The monoisotopic (exact) mass is 535 g/mol. The number of nitrogens with zero attached hydrogens (tertiary/aromatic N) is 2. The number of sulfonamides is 1. The molecule has 0 aliphatic heterocycles. The highest BCUT2D eigenvalue weighted by Gasteiger charge is 2.33. The summed E-state index contributed by atoms with van der Waals surface area (Å²) < 4.78 is 28.8. The van der Waals surface area contributed by atoms with Gasteiger partial charge >= 0.3 is 0 Å². The number of anilines is 1. The van der Waals surface area contributed by atoms with E-state index < -0.39 is 34.1 Å². The Morgan fingerprint density at radius 2 is 1.53 bits per heavy atom. The molecule has 1 atom stereocenters. The summed E-state index contributed by atoms with van der Waals surface area (Å²) >= 11 is 0. The highest BCUT2D eigenvalue weighted by molar-refractivity contribution is 7.92. The van der Waals surface area contributed by atoms with Crippen molar-refractivity contribution in [1.82, 2.24) is 10.2 Å². The van der Waals surface area contributed by atoms with Crippen LogP contribution in [0.1, 0.15) is 44.4 Å². The summed E-state index contributed by atoms with van der Waals surface area (Å²) in [4.78, 5) is 28.6. The lowest BCUT2D eigenvalue weighted by Crippen LogP contribution is -2.54. The van der Waals surface area contributed by atoms with E-state index in [1.165, 1.54) is 17.0 Å². The topological polar surface area (TPSA) is 86.8 Å². The van der Waals surface area contributed by atoms with E-state index in [1.807, 2.05) is 58.0 Å². The summed E-state index contributed by atoms with van der Waals surface area (Å²) in [7, 11) is -4.07. The minimum atomic E-state index is -4.07. The largest absolute Gasteiger partial charge is 0.350 e. The summed E-state index contributed by atoms with van der Waals surface area (Å²) in [5, 5.41) is 2.94. The van der Waals surface area contributed by atoms with E-state index in [2.05, 4.69) is 5.32 Å². The molecule has 38 heavy (non-hydrogen) atoms. The van der Waals surface area contributed by atoms with E-state index in [4.69, 9.17) is 0 Å². The Morgan fingerprint density at radius 1 is 0.895 bits per heavy atom. The number of rotatable bonds is 9. The zero-order chi connectivity index (χ0) is 28.1. The third-order valence-electron chi connectivity index (χ3n) is 6.10. The van der Waals surface area contributed by atoms with Gasteiger partial charge in [0.15, 0.2) is 0 Å². The third kappa shape index (κ3) is 7.22. The van der Waals surface area contributed by atoms with Crippen molar-refractivity contribution in [1.29, 1.82) is 0 Å². The van der Waals surface area contributed by atoms with Crippen molar-refractivity contribution in [3.05, 3.63) is 95.6 Å². The lowest BCUT2D eigenvalue weighted by atomic mass is 10.1. The van der Waals surface area contributed by atoms with Crippen molar-refractivity contribution in [2.45, 2.75) is 64.6 Å². The molecule has 0 aromatic heterocycles. The number of hydrogen-bond donors (Lipinski definition) is 1. The van der Waals surface area contributed by atoms with Crippen LogP contribution in [-0.4, -0.2) is 43.3 Å². The Hall–Kier alpha value is -3.65. The molecule has 0 aliphatic carbocycles. The quantitative estimate of drug-likeness (QED) is 0.425. The van der Waals surface area contributed by atoms with Crippen molar-refractivity contribution in [2.24, 2.45) is 0 Å². The SMILES string of the molecule is Cc1cccc(CN(C(=O)CN(c2ccccc2C)S(=O)(=O)c2ccccc2)[C@H](C)C(=O)NC(C)(C)C)c1. The number of hydrogen-bond acceptors (Lipinski definition) is 4. The van der Waals surface area contributed by atoms with Gasteiger partial charge in [0.2, 0.25) is 11.8 Å². The van der Waals surface area contributed by atoms with Gasteiger partial charge in [0.25, 0.3) is 10.0 Å². The van der Waals surface area contributed by atoms with E-state index in [-0.39, 0.29) is 17.3 Å². The molecule has 0 saturated carbocycles. The number of carbonyl (C=O) groups excluding carboxylic acids is 2. The van der Waals surface area contributed by atoms with Gasteiger partial charge in [0, 0.05) is 12.1 Å².